The molecular formula is C24H31N3O. The summed E-state index contributed by atoms with van der Waals surface area (Å²) in [6.07, 6.45) is 5.31. The standard InChI is InChI=1S/C24H31N3O/c28-16-12-22-19-26(18-21-17-25-24-11-5-4-10-23(21)24)14-15-27(22)13-6-9-20-7-2-1-3-8-20/h1-5,7-8,10-11,17,22,25,28H,6,9,12-16,18-19H2. The molecule has 0 spiro atoms. The average molecular weight is 378 g/mol. The number of fused-ring (bicyclic) bond motifs is 1. The molecule has 1 aliphatic rings. The number of benzene rings is 2. The molecule has 0 amide bonds. The summed E-state index contributed by atoms with van der Waals surface area (Å²) >= 11 is 0. The number of aromatic nitrogens is 1. The predicted molar refractivity (Wildman–Crippen MR) is 115 cm³/mol. The molecule has 0 saturated carbocycles. The number of H-pyrrole nitrogens is 1. The Hall–Kier alpha value is -2.14. The molecule has 0 aliphatic carbocycles. The SMILES string of the molecule is OCCC1CN(Cc2c[nH]c3ccccc23)CCN1CCCc1ccccc1. The minimum atomic E-state index is 0.265. The number of rotatable bonds is 8. The maximum absolute atomic E-state index is 9.57. The molecule has 2 heterocycles. The van der Waals surface area contributed by atoms with Crippen LogP contribution in [0.2, 0.25) is 0 Å². The van der Waals surface area contributed by atoms with Gasteiger partial charge in [-0.25, -0.2) is 0 Å². The van der Waals surface area contributed by atoms with Crippen LogP contribution in [0.1, 0.15) is 24.0 Å². The number of para-hydroxylation sites is 1. The summed E-state index contributed by atoms with van der Waals surface area (Å²) in [5.41, 5.74) is 4.00. The molecule has 1 aromatic heterocycles. The van der Waals surface area contributed by atoms with Crippen LogP contribution in [0.25, 0.3) is 10.9 Å². The van der Waals surface area contributed by atoms with Crippen molar-refractivity contribution in [3.05, 3.63) is 71.9 Å². The van der Waals surface area contributed by atoms with E-state index >= 15 is 0 Å². The Bertz CT molecular complexity index is 860. The van der Waals surface area contributed by atoms with Crippen molar-refractivity contribution in [2.24, 2.45) is 0 Å². The van der Waals surface area contributed by atoms with Crippen molar-refractivity contribution in [3.63, 3.8) is 0 Å². The first-order valence-electron chi connectivity index (χ1n) is 10.5. The van der Waals surface area contributed by atoms with Crippen LogP contribution in [0.5, 0.6) is 0 Å². The lowest BCUT2D eigenvalue weighted by Crippen LogP contribution is -2.53. The third-order valence-corrected chi connectivity index (χ3v) is 5.97. The number of aryl methyl sites for hydroxylation is 1. The van der Waals surface area contributed by atoms with Gasteiger partial charge in [0.05, 0.1) is 0 Å². The van der Waals surface area contributed by atoms with Crippen molar-refractivity contribution in [3.8, 4) is 0 Å². The second-order valence-electron chi connectivity index (χ2n) is 7.89. The molecule has 4 heteroatoms. The Labute approximate surface area is 167 Å². The van der Waals surface area contributed by atoms with Gasteiger partial charge in [-0.1, -0.05) is 48.5 Å². The van der Waals surface area contributed by atoms with E-state index in [1.54, 1.807) is 0 Å². The summed E-state index contributed by atoms with van der Waals surface area (Å²) in [4.78, 5) is 8.52. The van der Waals surface area contributed by atoms with E-state index in [2.05, 4.69) is 75.6 Å². The molecule has 28 heavy (non-hydrogen) atoms. The monoisotopic (exact) mass is 377 g/mol. The number of piperazine rings is 1. The lowest BCUT2D eigenvalue weighted by Gasteiger charge is -2.41. The van der Waals surface area contributed by atoms with Crippen LogP contribution in [0.3, 0.4) is 0 Å². The lowest BCUT2D eigenvalue weighted by molar-refractivity contribution is 0.0549. The maximum atomic E-state index is 9.57. The first kappa shape index (κ1) is 19.2. The Morgan fingerprint density at radius 1 is 1.00 bits per heavy atom. The summed E-state index contributed by atoms with van der Waals surface area (Å²) in [6.45, 7) is 5.56. The normalized spacial score (nSPS) is 18.7. The highest BCUT2D eigenvalue weighted by molar-refractivity contribution is 5.82. The molecule has 0 radical (unpaired) electrons. The summed E-state index contributed by atoms with van der Waals surface area (Å²) in [7, 11) is 0. The molecule has 1 saturated heterocycles. The van der Waals surface area contributed by atoms with Gasteiger partial charge in [0.1, 0.15) is 0 Å². The van der Waals surface area contributed by atoms with E-state index in [0.717, 1.165) is 45.6 Å². The zero-order chi connectivity index (χ0) is 19.2. The Kier molecular flexibility index (Phi) is 6.42. The zero-order valence-corrected chi connectivity index (χ0v) is 16.6. The van der Waals surface area contributed by atoms with Crippen LogP contribution in [0.4, 0.5) is 0 Å². The van der Waals surface area contributed by atoms with E-state index in [4.69, 9.17) is 0 Å². The van der Waals surface area contributed by atoms with Gasteiger partial charge in [-0.2, -0.15) is 0 Å². The lowest BCUT2D eigenvalue weighted by atomic mass is 10.1. The van der Waals surface area contributed by atoms with Crippen molar-refractivity contribution >= 4 is 10.9 Å². The molecule has 4 rings (SSSR count). The topological polar surface area (TPSA) is 42.5 Å². The van der Waals surface area contributed by atoms with Crippen molar-refractivity contribution in [1.82, 2.24) is 14.8 Å². The Morgan fingerprint density at radius 3 is 2.68 bits per heavy atom. The van der Waals surface area contributed by atoms with Crippen molar-refractivity contribution < 1.29 is 5.11 Å². The molecule has 1 unspecified atom stereocenters. The fraction of sp³-hybridized carbons (Fsp3) is 0.417. The van der Waals surface area contributed by atoms with E-state index in [1.165, 1.54) is 28.5 Å². The number of hydrogen-bond acceptors (Lipinski definition) is 3. The number of nitrogens with one attached hydrogen (secondary N) is 1. The number of hydrogen-bond donors (Lipinski definition) is 2. The molecule has 1 atom stereocenters. The summed E-state index contributed by atoms with van der Waals surface area (Å²) in [5, 5.41) is 10.9. The Balaban J connectivity index is 1.33. The van der Waals surface area contributed by atoms with Gasteiger partial charge in [0.15, 0.2) is 0 Å². The zero-order valence-electron chi connectivity index (χ0n) is 16.6. The molecule has 2 N–H and O–H groups in total. The van der Waals surface area contributed by atoms with Crippen molar-refractivity contribution in [2.45, 2.75) is 31.8 Å². The van der Waals surface area contributed by atoms with E-state index in [9.17, 15) is 5.11 Å². The van der Waals surface area contributed by atoms with Gasteiger partial charge in [-0.05, 0) is 43.0 Å². The van der Waals surface area contributed by atoms with Crippen LogP contribution in [0, 0.1) is 0 Å². The first-order chi connectivity index (χ1) is 13.8. The number of nitrogens with zero attached hydrogens (tertiary/aromatic N) is 2. The first-order valence-corrected chi connectivity index (χ1v) is 10.5. The van der Waals surface area contributed by atoms with Crippen LogP contribution >= 0.6 is 0 Å². The molecule has 0 bridgehead atoms. The second-order valence-corrected chi connectivity index (χ2v) is 7.89. The van der Waals surface area contributed by atoms with E-state index < -0.39 is 0 Å². The Morgan fingerprint density at radius 2 is 1.82 bits per heavy atom. The minimum absolute atomic E-state index is 0.265. The average Bonchev–Trinajstić information content (AvgIpc) is 3.14. The van der Waals surface area contributed by atoms with Crippen molar-refractivity contribution in [2.75, 3.05) is 32.8 Å². The van der Waals surface area contributed by atoms with Gasteiger partial charge in [0.2, 0.25) is 0 Å². The molecule has 2 aromatic carbocycles. The predicted octanol–water partition coefficient (Wildman–Crippen LogP) is 3.67. The maximum Gasteiger partial charge on any atom is 0.0457 e. The largest absolute Gasteiger partial charge is 0.396 e. The molecule has 148 valence electrons. The number of aromatic amines is 1. The second kappa shape index (κ2) is 9.37. The number of aliphatic hydroxyl groups excluding tert-OH is 1. The molecular weight excluding hydrogens is 346 g/mol. The summed E-state index contributed by atoms with van der Waals surface area (Å²) in [6, 6.07) is 19.7. The highest BCUT2D eigenvalue weighted by atomic mass is 16.3. The quantitative estimate of drug-likeness (QED) is 0.629. The third-order valence-electron chi connectivity index (χ3n) is 5.97. The van der Waals surface area contributed by atoms with Gasteiger partial charge >= 0.3 is 0 Å². The van der Waals surface area contributed by atoms with Crippen LogP contribution < -0.4 is 0 Å². The fourth-order valence-electron chi connectivity index (χ4n) is 4.45. The highest BCUT2D eigenvalue weighted by Crippen LogP contribution is 2.22. The van der Waals surface area contributed by atoms with E-state index in [0.29, 0.717) is 6.04 Å². The van der Waals surface area contributed by atoms with Crippen LogP contribution in [-0.2, 0) is 13.0 Å². The van der Waals surface area contributed by atoms with Gasteiger partial charge in [-0.15, -0.1) is 0 Å². The third kappa shape index (κ3) is 4.64. The fourth-order valence-corrected chi connectivity index (χ4v) is 4.45. The van der Waals surface area contributed by atoms with Crippen LogP contribution in [-0.4, -0.2) is 58.7 Å². The van der Waals surface area contributed by atoms with Crippen LogP contribution in [0.15, 0.2) is 60.8 Å². The minimum Gasteiger partial charge on any atom is -0.396 e. The van der Waals surface area contributed by atoms with E-state index in [1.807, 2.05) is 0 Å². The molecule has 1 aliphatic heterocycles. The molecule has 4 nitrogen and oxygen atoms in total. The van der Waals surface area contributed by atoms with Gasteiger partial charge in [0.25, 0.3) is 0 Å². The number of aliphatic hydroxyl groups is 1. The molecule has 3 aromatic rings. The van der Waals surface area contributed by atoms with Crippen molar-refractivity contribution in [1.29, 1.82) is 0 Å². The summed E-state index contributed by atoms with van der Waals surface area (Å²) in [5.74, 6) is 0. The smallest absolute Gasteiger partial charge is 0.0457 e. The van der Waals surface area contributed by atoms with Gasteiger partial charge < -0.3 is 10.1 Å². The van der Waals surface area contributed by atoms with E-state index in [-0.39, 0.29) is 6.61 Å². The molecule has 1 fully saturated rings. The highest BCUT2D eigenvalue weighted by Gasteiger charge is 2.26. The van der Waals surface area contributed by atoms with Gasteiger partial charge in [-0.3, -0.25) is 9.80 Å². The van der Waals surface area contributed by atoms with Gasteiger partial charge in [0, 0.05) is 55.9 Å². The summed E-state index contributed by atoms with van der Waals surface area (Å²) < 4.78 is 0.